The number of hydrogen-bond acceptors (Lipinski definition) is 7. The van der Waals surface area contributed by atoms with E-state index in [-0.39, 0.29) is 23.8 Å². The fourth-order valence-electron chi connectivity index (χ4n) is 3.46. The first-order chi connectivity index (χ1) is 17.7. The Labute approximate surface area is 212 Å². The molecule has 3 rings (SSSR count). The summed E-state index contributed by atoms with van der Waals surface area (Å²) < 4.78 is 10.5. The molecule has 0 unspecified atom stereocenters. The zero-order chi connectivity index (χ0) is 26.9. The van der Waals surface area contributed by atoms with Crippen LogP contribution in [0.15, 0.2) is 60.7 Å². The smallest absolute Gasteiger partial charge is 0.323 e. The summed E-state index contributed by atoms with van der Waals surface area (Å²) in [5.74, 6) is 0.278. The predicted molar refractivity (Wildman–Crippen MR) is 139 cm³/mol. The largest absolute Gasteiger partial charge is 0.493 e. The SMILES string of the molecule is COc1cc(NC(=O)CCc2ccc(NC(=O)Nc3ccc([N+](=O)[O-])cc3)cc2)c(C(C)=O)cc1OC. The number of methoxy groups -OCH3 is 2. The minimum atomic E-state index is -0.519. The first-order valence-corrected chi connectivity index (χ1v) is 11.2. The highest BCUT2D eigenvalue weighted by Crippen LogP contribution is 2.33. The highest BCUT2D eigenvalue weighted by molar-refractivity contribution is 6.04. The fourth-order valence-corrected chi connectivity index (χ4v) is 3.46. The van der Waals surface area contributed by atoms with Crippen LogP contribution in [0.4, 0.5) is 27.5 Å². The summed E-state index contributed by atoms with van der Waals surface area (Å²) in [6.45, 7) is 1.40. The van der Waals surface area contributed by atoms with E-state index in [1.165, 1.54) is 51.5 Å². The zero-order valence-corrected chi connectivity index (χ0v) is 20.5. The van der Waals surface area contributed by atoms with Crippen molar-refractivity contribution in [3.05, 3.63) is 81.9 Å². The molecule has 0 aliphatic heterocycles. The molecule has 3 aromatic carbocycles. The van der Waals surface area contributed by atoms with Gasteiger partial charge in [-0.15, -0.1) is 0 Å². The van der Waals surface area contributed by atoms with Crippen molar-refractivity contribution >= 4 is 40.5 Å². The topological polar surface area (TPSA) is 149 Å². The van der Waals surface area contributed by atoms with Gasteiger partial charge in [0.25, 0.3) is 5.69 Å². The van der Waals surface area contributed by atoms with E-state index >= 15 is 0 Å². The average molecular weight is 507 g/mol. The van der Waals surface area contributed by atoms with Gasteiger partial charge in [0.15, 0.2) is 17.3 Å². The minimum absolute atomic E-state index is 0.0711. The number of ketones is 1. The third-order valence-corrected chi connectivity index (χ3v) is 5.37. The van der Waals surface area contributed by atoms with Crippen molar-refractivity contribution in [2.24, 2.45) is 0 Å². The van der Waals surface area contributed by atoms with E-state index in [9.17, 15) is 24.5 Å². The predicted octanol–water partition coefficient (Wildman–Crippen LogP) is 5.03. The number of benzene rings is 3. The number of urea groups is 1. The maximum absolute atomic E-state index is 12.6. The second kappa shape index (κ2) is 12.2. The van der Waals surface area contributed by atoms with Crippen molar-refractivity contribution in [3.8, 4) is 11.5 Å². The van der Waals surface area contributed by atoms with E-state index in [0.717, 1.165) is 5.56 Å². The Balaban J connectivity index is 1.54. The maximum atomic E-state index is 12.6. The van der Waals surface area contributed by atoms with E-state index in [0.29, 0.717) is 40.5 Å². The van der Waals surface area contributed by atoms with E-state index in [1.54, 1.807) is 30.3 Å². The van der Waals surface area contributed by atoms with Crippen molar-refractivity contribution in [2.75, 3.05) is 30.2 Å². The number of ether oxygens (including phenoxy) is 2. The first kappa shape index (κ1) is 26.7. The van der Waals surface area contributed by atoms with Crippen molar-refractivity contribution in [1.29, 1.82) is 0 Å². The van der Waals surface area contributed by atoms with Crippen LogP contribution in [0.2, 0.25) is 0 Å². The molecule has 192 valence electrons. The summed E-state index contributed by atoms with van der Waals surface area (Å²) >= 11 is 0. The molecule has 11 heteroatoms. The number of carbonyl (C=O) groups is 3. The van der Waals surface area contributed by atoms with Gasteiger partial charge < -0.3 is 25.4 Å². The zero-order valence-electron chi connectivity index (χ0n) is 20.5. The number of anilines is 3. The van der Waals surface area contributed by atoms with Gasteiger partial charge in [0, 0.05) is 41.6 Å². The van der Waals surface area contributed by atoms with Crippen molar-refractivity contribution in [1.82, 2.24) is 0 Å². The Hall–Kier alpha value is -4.93. The summed E-state index contributed by atoms with van der Waals surface area (Å²) in [5, 5.41) is 18.7. The molecule has 0 saturated carbocycles. The highest BCUT2D eigenvalue weighted by Gasteiger charge is 2.16. The number of rotatable bonds is 10. The minimum Gasteiger partial charge on any atom is -0.493 e. The molecule has 3 N–H and O–H groups in total. The Morgan fingerprint density at radius 2 is 1.38 bits per heavy atom. The van der Waals surface area contributed by atoms with Crippen molar-refractivity contribution < 1.29 is 28.8 Å². The van der Waals surface area contributed by atoms with E-state index < -0.39 is 11.0 Å². The molecule has 0 bridgehead atoms. The standard InChI is InChI=1S/C26H26N4O7/c1-16(31)21-14-23(36-2)24(37-3)15-22(21)29-25(32)13-6-17-4-7-18(8-5-17)27-26(33)28-19-9-11-20(12-10-19)30(34)35/h4-5,7-12,14-15H,6,13H2,1-3H3,(H,29,32)(H2,27,28,33). The summed E-state index contributed by atoms with van der Waals surface area (Å²) in [7, 11) is 2.93. The van der Waals surface area contributed by atoms with Gasteiger partial charge in [-0.25, -0.2) is 4.79 Å². The lowest BCUT2D eigenvalue weighted by Crippen LogP contribution is -2.19. The van der Waals surface area contributed by atoms with E-state index in [1.807, 2.05) is 0 Å². The molecule has 0 aliphatic carbocycles. The average Bonchev–Trinajstić information content (AvgIpc) is 2.88. The van der Waals surface area contributed by atoms with E-state index in [4.69, 9.17) is 9.47 Å². The van der Waals surface area contributed by atoms with E-state index in [2.05, 4.69) is 16.0 Å². The lowest BCUT2D eigenvalue weighted by Gasteiger charge is -2.14. The van der Waals surface area contributed by atoms with Crippen LogP contribution in [0.1, 0.15) is 29.3 Å². The third-order valence-electron chi connectivity index (χ3n) is 5.37. The second-order valence-corrected chi connectivity index (χ2v) is 7.94. The number of nitrogens with zero attached hydrogens (tertiary/aromatic N) is 1. The lowest BCUT2D eigenvalue weighted by molar-refractivity contribution is -0.384. The molecule has 0 aliphatic rings. The van der Waals surface area contributed by atoms with Crippen molar-refractivity contribution in [2.45, 2.75) is 19.8 Å². The van der Waals surface area contributed by atoms with Crippen LogP contribution >= 0.6 is 0 Å². The second-order valence-electron chi connectivity index (χ2n) is 7.94. The Kier molecular flexibility index (Phi) is 8.76. The van der Waals surface area contributed by atoms with Crippen LogP contribution < -0.4 is 25.4 Å². The number of Topliss-reactive ketones (excluding diaryl/α,β-unsaturated/α-hetero) is 1. The van der Waals surface area contributed by atoms with Crippen LogP contribution in [-0.2, 0) is 11.2 Å². The highest BCUT2D eigenvalue weighted by atomic mass is 16.6. The van der Waals surface area contributed by atoms with Crippen molar-refractivity contribution in [3.63, 3.8) is 0 Å². The molecular weight excluding hydrogens is 480 g/mol. The monoisotopic (exact) mass is 506 g/mol. The molecule has 0 spiro atoms. The molecule has 0 radical (unpaired) electrons. The molecule has 11 nitrogen and oxygen atoms in total. The van der Waals surface area contributed by atoms with Gasteiger partial charge in [-0.2, -0.15) is 0 Å². The van der Waals surface area contributed by atoms with Gasteiger partial charge in [0.2, 0.25) is 5.91 Å². The molecule has 3 aromatic rings. The van der Waals surface area contributed by atoms with Gasteiger partial charge in [-0.3, -0.25) is 19.7 Å². The normalized spacial score (nSPS) is 10.2. The molecule has 0 fully saturated rings. The number of nitro benzene ring substituents is 1. The van der Waals surface area contributed by atoms with Crippen LogP contribution in [0, 0.1) is 10.1 Å². The molecule has 0 heterocycles. The fraction of sp³-hybridized carbons (Fsp3) is 0.192. The van der Waals surface area contributed by atoms with Gasteiger partial charge >= 0.3 is 6.03 Å². The number of aryl methyl sites for hydroxylation is 1. The molecule has 0 atom stereocenters. The van der Waals surface area contributed by atoms with Crippen LogP contribution in [0.5, 0.6) is 11.5 Å². The third kappa shape index (κ3) is 7.28. The Morgan fingerprint density at radius 3 is 1.89 bits per heavy atom. The van der Waals surface area contributed by atoms with Crippen LogP contribution in [-0.4, -0.2) is 36.9 Å². The van der Waals surface area contributed by atoms with Crippen LogP contribution in [0.25, 0.3) is 0 Å². The molecule has 3 amide bonds. The number of nitro groups is 1. The summed E-state index contributed by atoms with van der Waals surface area (Å²) in [6.07, 6.45) is 0.600. The molecule has 0 saturated heterocycles. The number of non-ortho nitro benzene ring substituents is 1. The van der Waals surface area contributed by atoms with Gasteiger partial charge in [-0.05, 0) is 49.2 Å². The quantitative estimate of drug-likeness (QED) is 0.198. The van der Waals surface area contributed by atoms with Gasteiger partial charge in [0.1, 0.15) is 0 Å². The Morgan fingerprint density at radius 1 is 0.838 bits per heavy atom. The molecule has 0 aromatic heterocycles. The number of amides is 3. The molecular formula is C26H26N4O7. The Bertz CT molecular complexity index is 1310. The van der Waals surface area contributed by atoms with Crippen LogP contribution in [0.3, 0.4) is 0 Å². The number of hydrogen-bond donors (Lipinski definition) is 3. The molecule has 37 heavy (non-hydrogen) atoms. The first-order valence-electron chi connectivity index (χ1n) is 11.2. The van der Waals surface area contributed by atoms with Gasteiger partial charge in [-0.1, -0.05) is 12.1 Å². The maximum Gasteiger partial charge on any atom is 0.323 e. The number of nitrogens with one attached hydrogen (secondary N) is 3. The summed E-state index contributed by atoms with van der Waals surface area (Å²) in [5.41, 5.74) is 2.40. The lowest BCUT2D eigenvalue weighted by atomic mass is 10.1. The summed E-state index contributed by atoms with van der Waals surface area (Å²) in [6, 6.07) is 15.0. The number of carbonyl (C=O) groups excluding carboxylic acids is 3. The summed E-state index contributed by atoms with van der Waals surface area (Å²) in [4.78, 5) is 47.0. The van der Waals surface area contributed by atoms with Gasteiger partial charge in [0.05, 0.1) is 24.8 Å².